The van der Waals surface area contributed by atoms with Gasteiger partial charge in [-0.25, -0.2) is 9.78 Å². The monoisotopic (exact) mass is 305 g/mol. The van der Waals surface area contributed by atoms with E-state index in [1.165, 1.54) is 6.08 Å². The number of aromatic nitrogens is 2. The molecule has 1 aromatic heterocycles. The van der Waals surface area contributed by atoms with Gasteiger partial charge in [0.2, 0.25) is 5.91 Å². The summed E-state index contributed by atoms with van der Waals surface area (Å²) in [5.41, 5.74) is 0. The predicted octanol–water partition coefficient (Wildman–Crippen LogP) is 1.09. The Morgan fingerprint density at radius 3 is 2.48 bits per heavy atom. The molecule has 1 aromatic rings. The average molecular weight is 305 g/mol. The molecule has 9 heteroatoms. The molecule has 0 fully saturated rings. The van der Waals surface area contributed by atoms with E-state index in [-0.39, 0.29) is 5.91 Å². The van der Waals surface area contributed by atoms with Crippen LogP contribution in [0.2, 0.25) is 0 Å². The number of aliphatic carboxylic acids is 1. The van der Waals surface area contributed by atoms with Crippen molar-refractivity contribution in [3.8, 4) is 0 Å². The van der Waals surface area contributed by atoms with Crippen LogP contribution in [0.1, 0.15) is 5.82 Å². The highest BCUT2D eigenvalue weighted by molar-refractivity contribution is 5.87. The van der Waals surface area contributed by atoms with E-state index < -0.39 is 12.1 Å². The second-order valence-electron chi connectivity index (χ2n) is 4.12. The van der Waals surface area contributed by atoms with Gasteiger partial charge in [-0.05, 0) is 6.08 Å². The molecule has 1 N–H and O–H groups in total. The van der Waals surface area contributed by atoms with Crippen molar-refractivity contribution in [2.45, 2.75) is 19.1 Å². The molecule has 0 radical (unpaired) electrons. The molecule has 0 atom stereocenters. The SMILES string of the molecule is C=CC(=O)N1CCc2nccn2CC1.O=C(O)C(F)(F)F. The van der Waals surface area contributed by atoms with Crippen molar-refractivity contribution in [3.63, 3.8) is 0 Å². The molecule has 1 aliphatic heterocycles. The van der Waals surface area contributed by atoms with Crippen LogP contribution in [0.4, 0.5) is 13.2 Å². The Morgan fingerprint density at radius 1 is 1.33 bits per heavy atom. The number of hydrogen-bond acceptors (Lipinski definition) is 3. The lowest BCUT2D eigenvalue weighted by molar-refractivity contribution is -0.192. The van der Waals surface area contributed by atoms with Crippen molar-refractivity contribution in [1.29, 1.82) is 0 Å². The van der Waals surface area contributed by atoms with Crippen LogP contribution < -0.4 is 0 Å². The number of carboxylic acid groups (broad SMARTS) is 1. The average Bonchev–Trinajstić information content (AvgIpc) is 2.76. The third kappa shape index (κ3) is 4.93. The number of halogens is 3. The Labute approximate surface area is 118 Å². The van der Waals surface area contributed by atoms with Gasteiger partial charge >= 0.3 is 12.1 Å². The summed E-state index contributed by atoms with van der Waals surface area (Å²) in [5.74, 6) is -1.69. The standard InChI is InChI=1S/C10H13N3O.C2HF3O2/c1-2-10(14)13-5-3-9-11-4-6-12(9)7-8-13;3-2(4,5)1(6)7/h2,4,6H,1,3,5,7-8H2;(H,6,7). The largest absolute Gasteiger partial charge is 0.490 e. The molecule has 2 rings (SSSR count). The summed E-state index contributed by atoms with van der Waals surface area (Å²) in [6.45, 7) is 5.80. The van der Waals surface area contributed by atoms with E-state index in [0.29, 0.717) is 0 Å². The fourth-order valence-corrected chi connectivity index (χ4v) is 1.70. The normalized spacial score (nSPS) is 14.3. The first-order valence-electron chi connectivity index (χ1n) is 5.97. The maximum atomic E-state index is 11.4. The van der Waals surface area contributed by atoms with Gasteiger partial charge in [0.05, 0.1) is 0 Å². The minimum absolute atomic E-state index is 0.00996. The number of rotatable bonds is 1. The van der Waals surface area contributed by atoms with Gasteiger partial charge in [0, 0.05) is 38.4 Å². The van der Waals surface area contributed by atoms with Gasteiger partial charge in [-0.3, -0.25) is 4.79 Å². The molecule has 6 nitrogen and oxygen atoms in total. The molecule has 1 amide bonds. The minimum atomic E-state index is -5.08. The van der Waals surface area contributed by atoms with Crippen LogP contribution in [0.5, 0.6) is 0 Å². The number of fused-ring (bicyclic) bond motifs is 1. The second-order valence-corrected chi connectivity index (χ2v) is 4.12. The smallest absolute Gasteiger partial charge is 0.475 e. The summed E-state index contributed by atoms with van der Waals surface area (Å²) < 4.78 is 33.8. The van der Waals surface area contributed by atoms with Crippen LogP contribution in [0, 0.1) is 0 Å². The van der Waals surface area contributed by atoms with Crippen molar-refractivity contribution >= 4 is 11.9 Å². The first-order valence-corrected chi connectivity index (χ1v) is 5.97. The van der Waals surface area contributed by atoms with Crippen LogP contribution in [-0.4, -0.2) is 50.7 Å². The van der Waals surface area contributed by atoms with Gasteiger partial charge < -0.3 is 14.6 Å². The molecule has 116 valence electrons. The molecular formula is C12H14F3N3O3. The number of hydrogen-bond donors (Lipinski definition) is 1. The van der Waals surface area contributed by atoms with E-state index in [1.807, 2.05) is 11.1 Å². The Balaban J connectivity index is 0.000000270. The lowest BCUT2D eigenvalue weighted by atomic mass is 10.3. The van der Waals surface area contributed by atoms with Gasteiger partial charge in [0.1, 0.15) is 5.82 Å². The van der Waals surface area contributed by atoms with Crippen molar-refractivity contribution in [2.24, 2.45) is 0 Å². The van der Waals surface area contributed by atoms with Crippen molar-refractivity contribution in [2.75, 3.05) is 13.1 Å². The summed E-state index contributed by atoms with van der Waals surface area (Å²) in [5, 5.41) is 7.12. The van der Waals surface area contributed by atoms with Crippen LogP contribution in [0.3, 0.4) is 0 Å². The van der Waals surface area contributed by atoms with E-state index in [0.717, 1.165) is 31.9 Å². The van der Waals surface area contributed by atoms with Crippen LogP contribution in [0.15, 0.2) is 25.0 Å². The zero-order chi connectivity index (χ0) is 16.0. The zero-order valence-corrected chi connectivity index (χ0v) is 11.0. The number of carbonyl (C=O) groups excluding carboxylic acids is 1. The highest BCUT2D eigenvalue weighted by atomic mass is 19.4. The molecule has 0 aliphatic carbocycles. The molecule has 0 saturated carbocycles. The van der Waals surface area contributed by atoms with Crippen LogP contribution in [-0.2, 0) is 22.6 Å². The molecule has 0 bridgehead atoms. The lowest BCUT2D eigenvalue weighted by Crippen LogP contribution is -2.32. The van der Waals surface area contributed by atoms with Crippen LogP contribution in [0.25, 0.3) is 0 Å². The maximum absolute atomic E-state index is 11.4. The molecule has 21 heavy (non-hydrogen) atoms. The van der Waals surface area contributed by atoms with Crippen molar-refractivity contribution < 1.29 is 27.9 Å². The Kier molecular flexibility index (Phi) is 5.51. The number of carbonyl (C=O) groups is 2. The molecule has 2 heterocycles. The first kappa shape index (κ1) is 16.7. The molecule has 0 aromatic carbocycles. The maximum Gasteiger partial charge on any atom is 0.490 e. The Morgan fingerprint density at radius 2 is 1.95 bits per heavy atom. The van der Waals surface area contributed by atoms with Gasteiger partial charge in [-0.15, -0.1) is 0 Å². The highest BCUT2D eigenvalue weighted by Gasteiger charge is 2.38. The summed E-state index contributed by atoms with van der Waals surface area (Å²) >= 11 is 0. The van der Waals surface area contributed by atoms with E-state index >= 15 is 0 Å². The molecule has 0 spiro atoms. The highest BCUT2D eigenvalue weighted by Crippen LogP contribution is 2.13. The molecule has 0 saturated heterocycles. The Hall–Kier alpha value is -2.32. The zero-order valence-electron chi connectivity index (χ0n) is 11.0. The minimum Gasteiger partial charge on any atom is -0.475 e. The van der Waals surface area contributed by atoms with E-state index in [9.17, 15) is 18.0 Å². The molecular weight excluding hydrogens is 291 g/mol. The topological polar surface area (TPSA) is 75.4 Å². The lowest BCUT2D eigenvalue weighted by Gasteiger charge is -2.17. The van der Waals surface area contributed by atoms with Gasteiger partial charge in [-0.2, -0.15) is 13.2 Å². The second kappa shape index (κ2) is 6.91. The number of alkyl halides is 3. The van der Waals surface area contributed by atoms with Crippen molar-refractivity contribution in [1.82, 2.24) is 14.5 Å². The quantitative estimate of drug-likeness (QED) is 0.788. The number of nitrogens with zero attached hydrogens (tertiary/aromatic N) is 3. The van der Waals surface area contributed by atoms with E-state index in [1.54, 1.807) is 6.20 Å². The Bertz CT molecular complexity index is 503. The third-order valence-electron chi connectivity index (χ3n) is 2.75. The molecule has 0 unspecified atom stereocenters. The van der Waals surface area contributed by atoms with Gasteiger partial charge in [0.15, 0.2) is 0 Å². The number of amides is 1. The first-order chi connectivity index (χ1) is 9.75. The van der Waals surface area contributed by atoms with E-state index in [4.69, 9.17) is 9.90 Å². The fourth-order valence-electron chi connectivity index (χ4n) is 1.70. The summed E-state index contributed by atoms with van der Waals surface area (Å²) in [6.07, 6.45) is 0.873. The van der Waals surface area contributed by atoms with Gasteiger partial charge in [0.25, 0.3) is 0 Å². The van der Waals surface area contributed by atoms with E-state index in [2.05, 4.69) is 16.1 Å². The van der Waals surface area contributed by atoms with Gasteiger partial charge in [-0.1, -0.05) is 6.58 Å². The number of imidazole rings is 1. The van der Waals surface area contributed by atoms with Crippen LogP contribution >= 0.6 is 0 Å². The summed E-state index contributed by atoms with van der Waals surface area (Å²) in [7, 11) is 0. The van der Waals surface area contributed by atoms with Crippen molar-refractivity contribution in [3.05, 3.63) is 30.9 Å². The molecule has 1 aliphatic rings. The summed E-state index contributed by atoms with van der Waals surface area (Å²) in [4.78, 5) is 26.3. The fraction of sp³-hybridized carbons (Fsp3) is 0.417. The number of carboxylic acids is 1. The summed E-state index contributed by atoms with van der Waals surface area (Å²) in [6, 6.07) is 0. The third-order valence-corrected chi connectivity index (χ3v) is 2.75. The predicted molar refractivity (Wildman–Crippen MR) is 66.4 cm³/mol.